The van der Waals surface area contributed by atoms with Crippen LogP contribution in [0.4, 0.5) is 0 Å². The number of carbonyl (C=O) groups is 2. The summed E-state index contributed by atoms with van der Waals surface area (Å²) in [5.41, 5.74) is 5.69. The van der Waals surface area contributed by atoms with E-state index in [9.17, 15) is 0 Å². The lowest BCUT2D eigenvalue weighted by molar-refractivity contribution is -0.370. The maximum atomic E-state index is 15.7. The molecular formula is C83H83NO15S3. The molecule has 0 radical (unpaired) electrons. The molecule has 0 spiro atoms. The first kappa shape index (κ1) is 72.6. The van der Waals surface area contributed by atoms with Gasteiger partial charge in [-0.05, 0) is 88.6 Å². The minimum Gasteiger partial charge on any atom is -0.467 e. The van der Waals surface area contributed by atoms with E-state index >= 15 is 9.59 Å². The number of ether oxygens (including phenoxy) is 13. The van der Waals surface area contributed by atoms with Crippen molar-refractivity contribution in [1.82, 2.24) is 4.90 Å². The van der Waals surface area contributed by atoms with Gasteiger partial charge in [0.2, 0.25) is 4.38 Å². The van der Waals surface area contributed by atoms with Crippen molar-refractivity contribution in [3.63, 3.8) is 0 Å². The van der Waals surface area contributed by atoms with Gasteiger partial charge < -0.3 is 61.6 Å². The highest BCUT2D eigenvalue weighted by molar-refractivity contribution is 8.22. The van der Waals surface area contributed by atoms with E-state index in [4.69, 9.17) is 73.8 Å². The van der Waals surface area contributed by atoms with E-state index in [1.807, 2.05) is 256 Å². The SMILES string of the molecule is CSC(=S)O[C@H]1[C@H](O[C@H]2[C@H](O[C@@H]3O[C@@H](C)[C@@H](OCc4ccccc4)[C@@H](OCc4ccccc4)[C@@H]3OCc3ccccc3)[C@@H](N3C(=O)c4ccccc4C3=O)[C@H](Sc3ccccc3)O[C@@H]2COCc2ccccc2)O[C@H](COCc2ccccc2)[C@H](OCc2ccccc2)[C@@H]1OCc1ccccc1. The van der Waals surface area contributed by atoms with Crippen LogP contribution in [0.3, 0.4) is 0 Å². The molecule has 15 atom stereocenters. The van der Waals surface area contributed by atoms with Gasteiger partial charge in [-0.15, -0.1) is 0 Å². The summed E-state index contributed by atoms with van der Waals surface area (Å²) in [5.74, 6) is -1.13. The van der Waals surface area contributed by atoms with E-state index in [1.165, 1.54) is 28.4 Å². The number of nitrogens with zero attached hydrogens (tertiary/aromatic N) is 1. The van der Waals surface area contributed by atoms with Crippen molar-refractivity contribution in [3.05, 3.63) is 317 Å². The van der Waals surface area contributed by atoms with Crippen LogP contribution in [0.5, 0.6) is 0 Å². The van der Waals surface area contributed by atoms with Gasteiger partial charge >= 0.3 is 0 Å². The maximum Gasteiger partial charge on any atom is 0.262 e. The number of amides is 2. The summed E-state index contributed by atoms with van der Waals surface area (Å²) in [6.45, 7) is 2.96. The summed E-state index contributed by atoms with van der Waals surface area (Å²) in [7, 11) is 0. The molecule has 4 aliphatic heterocycles. The van der Waals surface area contributed by atoms with Crippen LogP contribution < -0.4 is 0 Å². The molecule has 2 amide bonds. The fourth-order valence-corrected chi connectivity index (χ4v) is 14.7. The minimum absolute atomic E-state index is 0.0105. The zero-order chi connectivity index (χ0) is 69.8. The third-order valence-corrected chi connectivity index (χ3v) is 20.4. The average Bonchev–Trinajstić information content (AvgIpc) is 1.51. The normalized spacial score (nSPS) is 25.6. The molecule has 0 saturated carbocycles. The van der Waals surface area contributed by atoms with E-state index in [0.717, 1.165) is 43.8 Å². The summed E-state index contributed by atoms with van der Waals surface area (Å²) in [6, 6.07) is 84.2. The highest BCUT2D eigenvalue weighted by atomic mass is 32.2. The number of thioether (sulfide) groups is 2. The van der Waals surface area contributed by atoms with Crippen LogP contribution in [0.15, 0.2) is 272 Å². The fourth-order valence-electron chi connectivity index (χ4n) is 13.2. The Balaban J connectivity index is 0.974. The number of hydrogen-bond donors (Lipinski definition) is 0. The van der Waals surface area contributed by atoms with Crippen LogP contribution in [0, 0.1) is 0 Å². The van der Waals surface area contributed by atoms with E-state index in [0.29, 0.717) is 0 Å². The summed E-state index contributed by atoms with van der Waals surface area (Å²) in [5, 5.41) is 0. The largest absolute Gasteiger partial charge is 0.467 e. The number of carbonyl (C=O) groups excluding carboxylic acids is 2. The van der Waals surface area contributed by atoms with Crippen LogP contribution in [-0.4, -0.2) is 132 Å². The van der Waals surface area contributed by atoms with Crippen LogP contribution in [0.2, 0.25) is 0 Å². The smallest absolute Gasteiger partial charge is 0.262 e. The molecule has 9 aromatic carbocycles. The van der Waals surface area contributed by atoms with Crippen molar-refractivity contribution in [2.45, 2.75) is 149 Å². The Morgan fingerprint density at radius 2 is 0.725 bits per heavy atom. The molecule has 528 valence electrons. The quantitative estimate of drug-likeness (QED) is 0.0298. The lowest BCUT2D eigenvalue weighted by Crippen LogP contribution is -2.70. The van der Waals surface area contributed by atoms with Gasteiger partial charge in [-0.3, -0.25) is 14.5 Å². The molecule has 13 rings (SSSR count). The predicted molar refractivity (Wildman–Crippen MR) is 393 cm³/mol. The molecule has 3 saturated heterocycles. The van der Waals surface area contributed by atoms with Gasteiger partial charge in [-0.2, -0.15) is 0 Å². The summed E-state index contributed by atoms with van der Waals surface area (Å²) in [6.07, 6.45) is -12.3. The molecule has 9 aromatic rings. The molecule has 0 bridgehead atoms. The Morgan fingerprint density at radius 3 is 1.16 bits per heavy atom. The van der Waals surface area contributed by atoms with E-state index in [1.54, 1.807) is 24.3 Å². The Morgan fingerprint density at radius 1 is 0.382 bits per heavy atom. The monoisotopic (exact) mass is 1430 g/mol. The third kappa shape index (κ3) is 18.8. The number of imide groups is 1. The van der Waals surface area contributed by atoms with Crippen LogP contribution >= 0.6 is 35.7 Å². The number of thiocarbonyl (C=S) groups is 1. The zero-order valence-electron chi connectivity index (χ0n) is 56.7. The van der Waals surface area contributed by atoms with Crippen LogP contribution in [0.1, 0.15) is 66.6 Å². The van der Waals surface area contributed by atoms with Gasteiger partial charge in [0.1, 0.15) is 66.4 Å². The molecule has 4 heterocycles. The van der Waals surface area contributed by atoms with Crippen molar-refractivity contribution in [2.75, 3.05) is 19.5 Å². The van der Waals surface area contributed by atoms with Crippen molar-refractivity contribution < 1.29 is 71.2 Å². The Hall–Kier alpha value is -7.77. The zero-order valence-corrected chi connectivity index (χ0v) is 59.2. The summed E-state index contributed by atoms with van der Waals surface area (Å²) >= 11 is 8.62. The highest BCUT2D eigenvalue weighted by Crippen LogP contribution is 2.45. The van der Waals surface area contributed by atoms with E-state index < -0.39 is 103 Å². The van der Waals surface area contributed by atoms with Crippen molar-refractivity contribution in [1.29, 1.82) is 0 Å². The number of rotatable bonds is 31. The van der Waals surface area contributed by atoms with Gasteiger partial charge in [0.15, 0.2) is 18.7 Å². The van der Waals surface area contributed by atoms with Crippen LogP contribution in [0.25, 0.3) is 0 Å². The van der Waals surface area contributed by atoms with Gasteiger partial charge in [-0.25, -0.2) is 0 Å². The highest BCUT2D eigenvalue weighted by Gasteiger charge is 2.60. The summed E-state index contributed by atoms with van der Waals surface area (Å²) in [4.78, 5) is 33.5. The molecule has 3 fully saturated rings. The van der Waals surface area contributed by atoms with Gasteiger partial charge in [-0.1, -0.05) is 266 Å². The second kappa shape index (κ2) is 36.6. The molecular weight excluding hydrogens is 1350 g/mol. The second-order valence-corrected chi connectivity index (χ2v) is 27.9. The van der Waals surface area contributed by atoms with Crippen molar-refractivity contribution >= 4 is 51.9 Å². The lowest BCUT2D eigenvalue weighted by Gasteiger charge is -2.53. The first-order chi connectivity index (χ1) is 50.2. The first-order valence-electron chi connectivity index (χ1n) is 34.4. The van der Waals surface area contributed by atoms with Crippen molar-refractivity contribution in [2.24, 2.45) is 0 Å². The molecule has 19 heteroatoms. The molecule has 102 heavy (non-hydrogen) atoms. The average molecular weight is 1430 g/mol. The predicted octanol–water partition coefficient (Wildman–Crippen LogP) is 14.8. The first-order valence-corrected chi connectivity index (χ1v) is 36.9. The van der Waals surface area contributed by atoms with Crippen LogP contribution in [-0.2, 0) is 108 Å². The Bertz CT molecular complexity index is 4000. The molecule has 4 aliphatic rings. The van der Waals surface area contributed by atoms with Gasteiger partial charge in [0.25, 0.3) is 11.8 Å². The van der Waals surface area contributed by atoms with Gasteiger partial charge in [0, 0.05) is 4.90 Å². The Labute approximate surface area is 610 Å². The van der Waals surface area contributed by atoms with E-state index in [-0.39, 0.29) is 75.0 Å². The standard InChI is InChI=1S/C83H83NO15S3/c1-56-70(89-49-59-33-15-5-16-34-59)74(91-51-61-37-19-7-20-38-61)76(93-53-63-41-23-9-24-42-63)80(94-56)98-73-69(84-78(85)65-45-27-28-46-66(65)79(84)86)82(102-64-43-25-10-26-44-64)96-68(55-88-48-58-31-13-4-14-32-58)72(73)97-81-77(99-83(100)101-2)75(92-52-62-39-21-8-22-40-62)71(90-50-60-35-17-6-18-36-60)67(95-81)54-87-47-57-29-11-3-12-30-57/h3-46,56,67-77,80-82H,47-55H2,1-2H3/t56-,67+,68+,69+,70+,71-,72+,73+,74+,75-,76-,77+,80-,81-,82-/m0/s1. The Kier molecular flexibility index (Phi) is 26.0. The minimum atomic E-state index is -1.44. The molecule has 0 aliphatic carbocycles. The number of fused-ring (bicyclic) bond motifs is 1. The van der Waals surface area contributed by atoms with Crippen molar-refractivity contribution in [3.8, 4) is 0 Å². The number of benzene rings is 9. The fraction of sp³-hybridized carbons (Fsp3) is 0.313. The van der Waals surface area contributed by atoms with E-state index in [2.05, 4.69) is 0 Å². The second-order valence-electron chi connectivity index (χ2n) is 25.3. The van der Waals surface area contributed by atoms with Gasteiger partial charge in [0.05, 0.1) is 76.7 Å². The maximum absolute atomic E-state index is 15.7. The lowest BCUT2D eigenvalue weighted by atomic mass is 9.94. The number of hydrogen-bond acceptors (Lipinski definition) is 18. The molecule has 0 unspecified atom stereocenters. The summed E-state index contributed by atoms with van der Waals surface area (Å²) < 4.78 is 94.5. The molecule has 0 N–H and O–H groups in total. The third-order valence-electron chi connectivity index (χ3n) is 18.2. The molecule has 16 nitrogen and oxygen atoms in total. The molecule has 0 aromatic heterocycles. The topological polar surface area (TPSA) is 157 Å².